The van der Waals surface area contributed by atoms with E-state index in [9.17, 15) is 0 Å². The Morgan fingerprint density at radius 2 is 1.00 bits per heavy atom. The van der Waals surface area contributed by atoms with Crippen LogP contribution in [0.15, 0.2) is 85.2 Å². The van der Waals surface area contributed by atoms with Crippen LogP contribution in [-0.4, -0.2) is 28.2 Å². The minimum atomic E-state index is 0.648. The van der Waals surface area contributed by atoms with Gasteiger partial charge in [-0.1, -0.05) is 102 Å². The summed E-state index contributed by atoms with van der Waals surface area (Å²) >= 11 is 0. The van der Waals surface area contributed by atoms with Crippen molar-refractivity contribution in [2.45, 2.75) is 90.9 Å². The molecule has 3 aromatic heterocycles. The Kier molecular flexibility index (Phi) is 14.1. The van der Waals surface area contributed by atoms with Crippen LogP contribution in [0.1, 0.15) is 90.9 Å². The van der Waals surface area contributed by atoms with Gasteiger partial charge < -0.3 is 0 Å². The topological polar surface area (TPSA) is 60.4 Å². The summed E-state index contributed by atoms with van der Waals surface area (Å²) in [5.74, 6) is 0. The largest absolute Gasteiger partial charge is 0.255 e. The van der Waals surface area contributed by atoms with Crippen molar-refractivity contribution in [1.29, 1.82) is 0 Å². The molecule has 0 atom stereocenters. The molecule has 0 radical (unpaired) electrons. The Morgan fingerprint density at radius 3 is 1.47 bits per heavy atom. The first-order valence-corrected chi connectivity index (χ1v) is 16.3. The first-order chi connectivity index (χ1) is 21.3. The van der Waals surface area contributed by atoms with E-state index in [2.05, 4.69) is 60.2 Å². The minimum absolute atomic E-state index is 0.648. The van der Waals surface area contributed by atoms with Crippen LogP contribution in [-0.2, 0) is 9.68 Å². The summed E-state index contributed by atoms with van der Waals surface area (Å²) in [6, 6.07) is 24.3. The van der Waals surface area contributed by atoms with Gasteiger partial charge in [0.1, 0.15) is 0 Å². The van der Waals surface area contributed by atoms with Crippen molar-refractivity contribution in [3.63, 3.8) is 0 Å². The van der Waals surface area contributed by atoms with E-state index in [0.29, 0.717) is 13.2 Å². The third kappa shape index (κ3) is 10.9. The van der Waals surface area contributed by atoms with Gasteiger partial charge in [-0.05, 0) is 72.5 Å². The summed E-state index contributed by atoms with van der Waals surface area (Å²) in [6.45, 7) is 5.80. The van der Waals surface area contributed by atoms with Gasteiger partial charge in [-0.25, -0.2) is 14.7 Å². The third-order valence-corrected chi connectivity index (χ3v) is 7.50. The molecule has 0 N–H and O–H groups in total. The van der Waals surface area contributed by atoms with Crippen molar-refractivity contribution in [3.8, 4) is 33.9 Å². The molecule has 1 aromatic carbocycles. The van der Waals surface area contributed by atoms with E-state index >= 15 is 0 Å². The second-order valence-electron chi connectivity index (χ2n) is 11.1. The molecule has 4 rings (SSSR count). The van der Waals surface area contributed by atoms with Crippen molar-refractivity contribution >= 4 is 5.69 Å². The Labute approximate surface area is 258 Å². The van der Waals surface area contributed by atoms with Crippen LogP contribution in [0, 0.1) is 0 Å². The number of aromatic nitrogens is 3. The maximum absolute atomic E-state index is 6.16. The lowest BCUT2D eigenvalue weighted by atomic mass is 10.0. The van der Waals surface area contributed by atoms with Gasteiger partial charge in [-0.15, -0.1) is 5.23 Å². The van der Waals surface area contributed by atoms with E-state index in [1.54, 1.807) is 17.6 Å². The second-order valence-corrected chi connectivity index (χ2v) is 11.1. The summed E-state index contributed by atoms with van der Waals surface area (Å²) in [6.07, 6.45) is 18.3. The Morgan fingerprint density at radius 1 is 0.512 bits per heavy atom. The molecule has 0 aliphatic carbocycles. The Hall–Kier alpha value is -3.61. The lowest BCUT2D eigenvalue weighted by molar-refractivity contribution is -0.0914. The molecule has 6 nitrogen and oxygen atoms in total. The van der Waals surface area contributed by atoms with Crippen molar-refractivity contribution < 1.29 is 9.68 Å². The maximum Gasteiger partial charge on any atom is 0.0947 e. The fourth-order valence-electron chi connectivity index (χ4n) is 5.01. The van der Waals surface area contributed by atoms with Crippen molar-refractivity contribution in [2.24, 2.45) is 0 Å². The molecule has 228 valence electrons. The molecular weight excluding hydrogens is 532 g/mol. The maximum atomic E-state index is 6.16. The fraction of sp³-hybridized carbons (Fsp3) is 0.432. The number of unbranched alkanes of at least 4 members (excludes halogenated alkanes) is 10. The van der Waals surface area contributed by atoms with E-state index < -0.39 is 0 Å². The average Bonchev–Trinajstić information content (AvgIpc) is 3.07. The SMILES string of the molecule is CCCCCCCCON(OCCCCCCCC)c1ccc(-c2cc(-c3ccccn3)nc(-c3ccccn3)c2)cc1. The van der Waals surface area contributed by atoms with E-state index in [1.807, 2.05) is 36.4 Å². The molecule has 0 aliphatic heterocycles. The fourth-order valence-corrected chi connectivity index (χ4v) is 5.01. The van der Waals surface area contributed by atoms with Gasteiger partial charge in [0.25, 0.3) is 0 Å². The molecule has 0 aliphatic rings. The van der Waals surface area contributed by atoms with Crippen LogP contribution < -0.4 is 5.23 Å². The molecule has 0 amide bonds. The average molecular weight is 581 g/mol. The Bertz CT molecular complexity index is 1220. The zero-order valence-corrected chi connectivity index (χ0v) is 26.1. The van der Waals surface area contributed by atoms with Crippen molar-refractivity contribution in [2.75, 3.05) is 18.4 Å². The highest BCUT2D eigenvalue weighted by molar-refractivity contribution is 5.75. The molecule has 4 aromatic rings. The number of benzene rings is 1. The van der Waals surface area contributed by atoms with Crippen molar-refractivity contribution in [1.82, 2.24) is 15.0 Å². The van der Waals surface area contributed by atoms with Crippen LogP contribution >= 0.6 is 0 Å². The highest BCUT2D eigenvalue weighted by atomic mass is 16.9. The molecule has 0 saturated heterocycles. The van der Waals surface area contributed by atoms with Crippen LogP contribution in [0.2, 0.25) is 0 Å². The third-order valence-electron chi connectivity index (χ3n) is 7.50. The number of nitrogens with zero attached hydrogens (tertiary/aromatic N) is 4. The van der Waals surface area contributed by atoms with E-state index in [1.165, 1.54) is 64.2 Å². The van der Waals surface area contributed by atoms with Gasteiger partial charge in [0, 0.05) is 12.4 Å². The van der Waals surface area contributed by atoms with Gasteiger partial charge in [0.15, 0.2) is 0 Å². The van der Waals surface area contributed by atoms with E-state index in [-0.39, 0.29) is 0 Å². The highest BCUT2D eigenvalue weighted by Gasteiger charge is 2.13. The number of anilines is 1. The molecule has 0 fully saturated rings. The quantitative estimate of drug-likeness (QED) is 0.0765. The number of hydrogen-bond acceptors (Lipinski definition) is 6. The predicted molar refractivity (Wildman–Crippen MR) is 177 cm³/mol. The van der Waals surface area contributed by atoms with Gasteiger partial charge in [0.2, 0.25) is 0 Å². The van der Waals surface area contributed by atoms with Gasteiger partial charge in [0.05, 0.1) is 41.7 Å². The smallest absolute Gasteiger partial charge is 0.0947 e. The van der Waals surface area contributed by atoms with Crippen molar-refractivity contribution in [3.05, 3.63) is 85.2 Å². The molecule has 0 unspecified atom stereocenters. The number of pyridine rings is 3. The lowest BCUT2D eigenvalue weighted by Gasteiger charge is -2.23. The summed E-state index contributed by atoms with van der Waals surface area (Å²) in [5, 5.41) is 1.63. The van der Waals surface area contributed by atoms with E-state index in [0.717, 1.165) is 52.4 Å². The van der Waals surface area contributed by atoms with Crippen LogP contribution in [0.5, 0.6) is 0 Å². The zero-order valence-electron chi connectivity index (χ0n) is 26.1. The summed E-state index contributed by atoms with van der Waals surface area (Å²) < 4.78 is 0. The number of rotatable bonds is 20. The molecule has 0 saturated carbocycles. The molecule has 0 bridgehead atoms. The molecular formula is C37H48N4O2. The van der Waals surface area contributed by atoms with Crippen LogP contribution in [0.3, 0.4) is 0 Å². The monoisotopic (exact) mass is 580 g/mol. The second kappa shape index (κ2) is 18.8. The predicted octanol–water partition coefficient (Wildman–Crippen LogP) is 10.3. The highest BCUT2D eigenvalue weighted by Crippen LogP contribution is 2.30. The van der Waals surface area contributed by atoms with Gasteiger partial charge in [-0.3, -0.25) is 9.97 Å². The summed E-state index contributed by atoms with van der Waals surface area (Å²) in [7, 11) is 0. The normalized spacial score (nSPS) is 11.1. The summed E-state index contributed by atoms with van der Waals surface area (Å²) in [5.41, 5.74) is 6.31. The molecule has 6 heteroatoms. The summed E-state index contributed by atoms with van der Waals surface area (Å²) in [4.78, 5) is 26.3. The van der Waals surface area contributed by atoms with E-state index in [4.69, 9.17) is 14.7 Å². The minimum Gasteiger partial charge on any atom is -0.255 e. The standard InChI is InChI=1S/C37H48N4O2/c1-3-5-7-9-11-17-27-42-41(43-28-18-12-10-8-6-4-2)33-23-21-31(22-24-33)32-29-36(34-19-13-15-25-38-34)40-37(30-32)35-20-14-16-26-39-35/h13-16,19-26,29-30H,3-12,17-18,27-28H2,1-2H3. The zero-order chi connectivity index (χ0) is 30.0. The lowest BCUT2D eigenvalue weighted by Crippen LogP contribution is -2.25. The first kappa shape index (κ1) is 32.3. The Balaban J connectivity index is 1.48. The van der Waals surface area contributed by atoms with Crippen LogP contribution in [0.4, 0.5) is 5.69 Å². The van der Waals surface area contributed by atoms with Gasteiger partial charge >= 0.3 is 0 Å². The van der Waals surface area contributed by atoms with Gasteiger partial charge in [-0.2, -0.15) is 0 Å². The van der Waals surface area contributed by atoms with Crippen LogP contribution in [0.25, 0.3) is 33.9 Å². The number of hydrogen-bond donors (Lipinski definition) is 0. The first-order valence-electron chi connectivity index (χ1n) is 16.3. The molecule has 3 heterocycles. The molecule has 43 heavy (non-hydrogen) atoms. The molecule has 0 spiro atoms.